The van der Waals surface area contributed by atoms with Crippen molar-refractivity contribution in [1.29, 1.82) is 0 Å². The molecule has 26 heavy (non-hydrogen) atoms. The number of carbonyl (C=O) groups is 1. The molecule has 140 valence electrons. The number of carbonyl (C=O) groups excluding carboxylic acids is 1. The highest BCUT2D eigenvalue weighted by atomic mass is 16.2. The maximum Gasteiger partial charge on any atom is 0.315 e. The molecule has 0 atom stereocenters. The molecule has 0 bridgehead atoms. The van der Waals surface area contributed by atoms with Crippen molar-refractivity contribution in [3.63, 3.8) is 0 Å². The first-order chi connectivity index (χ1) is 12.7. The smallest absolute Gasteiger partial charge is 0.315 e. The second-order valence-corrected chi connectivity index (χ2v) is 6.03. The Balaban J connectivity index is 1.64. The molecule has 0 radical (unpaired) electrons. The molecule has 6 heteroatoms. The molecule has 3 N–H and O–H groups in total. The van der Waals surface area contributed by atoms with E-state index < -0.39 is 0 Å². The molecule has 1 aromatic heterocycles. The van der Waals surface area contributed by atoms with Crippen molar-refractivity contribution in [3.8, 4) is 0 Å². The van der Waals surface area contributed by atoms with Crippen LogP contribution in [-0.2, 0) is 13.1 Å². The fourth-order valence-electron chi connectivity index (χ4n) is 2.55. The summed E-state index contributed by atoms with van der Waals surface area (Å²) in [4.78, 5) is 18.4. The summed E-state index contributed by atoms with van der Waals surface area (Å²) in [5, 5.41) is 8.85. The molecule has 2 amide bonds. The maximum absolute atomic E-state index is 11.8. The lowest BCUT2D eigenvalue weighted by atomic mass is 10.1. The van der Waals surface area contributed by atoms with E-state index in [4.69, 9.17) is 0 Å². The molecule has 1 aromatic carbocycles. The zero-order valence-electron chi connectivity index (χ0n) is 15.7. The Morgan fingerprint density at radius 2 is 1.69 bits per heavy atom. The molecule has 0 aliphatic carbocycles. The van der Waals surface area contributed by atoms with Gasteiger partial charge < -0.3 is 16.0 Å². The predicted octanol–water partition coefficient (Wildman–Crippen LogP) is 2.83. The van der Waals surface area contributed by atoms with Gasteiger partial charge in [0.15, 0.2) is 0 Å². The van der Waals surface area contributed by atoms with E-state index in [1.54, 1.807) is 6.20 Å². The van der Waals surface area contributed by atoms with Crippen LogP contribution in [0.5, 0.6) is 0 Å². The maximum atomic E-state index is 11.8. The van der Waals surface area contributed by atoms with Gasteiger partial charge in [0.25, 0.3) is 0 Å². The quantitative estimate of drug-likeness (QED) is 0.573. The summed E-state index contributed by atoms with van der Waals surface area (Å²) in [6, 6.07) is 13.9. The van der Waals surface area contributed by atoms with Crippen molar-refractivity contribution in [2.45, 2.75) is 26.9 Å². The minimum Gasteiger partial charge on any atom is -0.368 e. The summed E-state index contributed by atoms with van der Waals surface area (Å²) < 4.78 is 0. The van der Waals surface area contributed by atoms with Crippen LogP contribution in [0.2, 0.25) is 0 Å². The van der Waals surface area contributed by atoms with Crippen LogP contribution >= 0.6 is 0 Å². The molecule has 0 saturated heterocycles. The van der Waals surface area contributed by atoms with E-state index in [0.717, 1.165) is 31.0 Å². The molecule has 1 heterocycles. The number of rotatable bonds is 10. The summed E-state index contributed by atoms with van der Waals surface area (Å²) in [5.74, 6) is 0.805. The van der Waals surface area contributed by atoms with E-state index in [1.807, 2.05) is 18.2 Å². The normalized spacial score (nSPS) is 10.6. The van der Waals surface area contributed by atoms with Gasteiger partial charge in [-0.15, -0.1) is 0 Å². The van der Waals surface area contributed by atoms with E-state index in [0.29, 0.717) is 19.6 Å². The van der Waals surface area contributed by atoms with Crippen LogP contribution in [0.3, 0.4) is 0 Å². The molecule has 0 fully saturated rings. The van der Waals surface area contributed by atoms with E-state index in [2.05, 4.69) is 63.9 Å². The summed E-state index contributed by atoms with van der Waals surface area (Å²) in [6.07, 6.45) is 1.73. The molecule has 0 unspecified atom stereocenters. The number of amides is 2. The topological polar surface area (TPSA) is 69.3 Å². The van der Waals surface area contributed by atoms with E-state index in [-0.39, 0.29) is 6.03 Å². The zero-order valence-corrected chi connectivity index (χ0v) is 15.7. The highest BCUT2D eigenvalue weighted by Crippen LogP contribution is 2.07. The van der Waals surface area contributed by atoms with Gasteiger partial charge in [0.1, 0.15) is 5.82 Å². The molecular weight excluding hydrogens is 326 g/mol. The van der Waals surface area contributed by atoms with Gasteiger partial charge in [0.05, 0.1) is 0 Å². The highest BCUT2D eigenvalue weighted by Gasteiger charge is 2.03. The number of nitrogens with one attached hydrogen (secondary N) is 3. The summed E-state index contributed by atoms with van der Waals surface area (Å²) in [7, 11) is 0. The molecule has 0 aliphatic heterocycles. The Morgan fingerprint density at radius 3 is 2.35 bits per heavy atom. The summed E-state index contributed by atoms with van der Waals surface area (Å²) in [5.41, 5.74) is 2.39. The fraction of sp³-hybridized carbons (Fsp3) is 0.400. The Labute approximate surface area is 156 Å². The number of hydrogen-bond acceptors (Lipinski definition) is 4. The third kappa shape index (κ3) is 7.11. The molecular formula is C20H29N5O. The van der Waals surface area contributed by atoms with E-state index >= 15 is 0 Å². The first-order valence-corrected chi connectivity index (χ1v) is 9.18. The standard InChI is InChI=1S/C20H29N5O/c1-3-25(4-2)16-18-10-8-17(9-11-18)15-24-20(26)23-14-13-22-19-7-5-6-12-21-19/h5-12H,3-4,13-16H2,1-2H3,(H,21,22)(H2,23,24,26). The largest absolute Gasteiger partial charge is 0.368 e. The lowest BCUT2D eigenvalue weighted by Gasteiger charge is -2.18. The second-order valence-electron chi connectivity index (χ2n) is 6.03. The van der Waals surface area contributed by atoms with Crippen LogP contribution in [0.4, 0.5) is 10.6 Å². The molecule has 0 saturated carbocycles. The van der Waals surface area contributed by atoms with Gasteiger partial charge in [-0.1, -0.05) is 44.2 Å². The van der Waals surface area contributed by atoms with Crippen LogP contribution < -0.4 is 16.0 Å². The number of benzene rings is 1. The third-order valence-corrected chi connectivity index (χ3v) is 4.16. The predicted molar refractivity (Wildman–Crippen MR) is 106 cm³/mol. The number of pyridine rings is 1. The molecule has 6 nitrogen and oxygen atoms in total. The van der Waals surface area contributed by atoms with E-state index in [1.165, 1.54) is 5.56 Å². The number of urea groups is 1. The van der Waals surface area contributed by atoms with Gasteiger partial charge in [-0.2, -0.15) is 0 Å². The lowest BCUT2D eigenvalue weighted by molar-refractivity contribution is 0.241. The van der Waals surface area contributed by atoms with Crippen LogP contribution in [0.15, 0.2) is 48.7 Å². The van der Waals surface area contributed by atoms with E-state index in [9.17, 15) is 4.79 Å². The zero-order chi connectivity index (χ0) is 18.6. The molecule has 0 aliphatic rings. The van der Waals surface area contributed by atoms with Gasteiger partial charge in [0.2, 0.25) is 0 Å². The van der Waals surface area contributed by atoms with Gasteiger partial charge in [-0.05, 0) is 36.3 Å². The molecule has 2 rings (SSSR count). The van der Waals surface area contributed by atoms with Crippen LogP contribution in [0.25, 0.3) is 0 Å². The van der Waals surface area contributed by atoms with Crippen LogP contribution in [-0.4, -0.2) is 42.1 Å². The average molecular weight is 355 g/mol. The first kappa shape index (κ1) is 19.7. The second kappa shape index (κ2) is 11.1. The van der Waals surface area contributed by atoms with Gasteiger partial charge >= 0.3 is 6.03 Å². The van der Waals surface area contributed by atoms with Crippen molar-refractivity contribution < 1.29 is 4.79 Å². The Hall–Kier alpha value is -2.60. The molecule has 0 spiro atoms. The minimum absolute atomic E-state index is 0.167. The third-order valence-electron chi connectivity index (χ3n) is 4.16. The van der Waals surface area contributed by atoms with Crippen molar-refractivity contribution in [3.05, 3.63) is 59.8 Å². The lowest BCUT2D eigenvalue weighted by Crippen LogP contribution is -2.37. The fourth-order valence-corrected chi connectivity index (χ4v) is 2.55. The number of nitrogens with zero attached hydrogens (tertiary/aromatic N) is 2. The van der Waals surface area contributed by atoms with Crippen molar-refractivity contribution in [2.24, 2.45) is 0 Å². The molecule has 2 aromatic rings. The first-order valence-electron chi connectivity index (χ1n) is 9.18. The Bertz CT molecular complexity index is 641. The van der Waals surface area contributed by atoms with Crippen molar-refractivity contribution in [1.82, 2.24) is 20.5 Å². The Morgan fingerprint density at radius 1 is 0.962 bits per heavy atom. The van der Waals surface area contributed by atoms with Crippen LogP contribution in [0.1, 0.15) is 25.0 Å². The van der Waals surface area contributed by atoms with Gasteiger partial charge in [-0.3, -0.25) is 4.90 Å². The van der Waals surface area contributed by atoms with Crippen LogP contribution in [0, 0.1) is 0 Å². The number of anilines is 1. The average Bonchev–Trinajstić information content (AvgIpc) is 2.69. The summed E-state index contributed by atoms with van der Waals surface area (Å²) >= 11 is 0. The number of hydrogen-bond donors (Lipinski definition) is 3. The SMILES string of the molecule is CCN(CC)Cc1ccc(CNC(=O)NCCNc2ccccn2)cc1. The van der Waals surface area contributed by atoms with Crippen molar-refractivity contribution >= 4 is 11.8 Å². The monoisotopic (exact) mass is 355 g/mol. The Kier molecular flexibility index (Phi) is 8.42. The van der Waals surface area contributed by atoms with Gasteiger partial charge in [-0.25, -0.2) is 9.78 Å². The minimum atomic E-state index is -0.167. The van der Waals surface area contributed by atoms with Gasteiger partial charge in [0, 0.05) is 32.4 Å². The summed E-state index contributed by atoms with van der Waals surface area (Å²) in [6.45, 7) is 9.09. The number of aromatic nitrogens is 1. The highest BCUT2D eigenvalue weighted by molar-refractivity contribution is 5.73. The van der Waals surface area contributed by atoms with Crippen molar-refractivity contribution in [2.75, 3.05) is 31.5 Å².